The van der Waals surface area contributed by atoms with Crippen molar-refractivity contribution in [2.24, 2.45) is 0 Å². The lowest BCUT2D eigenvalue weighted by molar-refractivity contribution is 0.444. The van der Waals surface area contributed by atoms with Crippen LogP contribution < -0.4 is 0 Å². The Bertz CT molecular complexity index is 2510. The third kappa shape index (κ3) is 7.01. The number of rotatable bonds is 7. The van der Waals surface area contributed by atoms with Crippen LogP contribution in [0.1, 0.15) is 174 Å². The smallest absolute Gasteiger partial charge is 0.0543 e. The Morgan fingerprint density at radius 3 is 0.742 bits per heavy atom. The molecule has 0 spiro atoms. The Hall–Kier alpha value is -5.08. The quantitative estimate of drug-likeness (QED) is 0.152. The van der Waals surface area contributed by atoms with E-state index < -0.39 is 0 Å². The summed E-state index contributed by atoms with van der Waals surface area (Å²) < 4.78 is 5.20. The molecule has 0 aliphatic heterocycles. The fourth-order valence-electron chi connectivity index (χ4n) is 13.0. The van der Waals surface area contributed by atoms with Gasteiger partial charge in [0.25, 0.3) is 0 Å². The number of fused-ring (bicyclic) bond motifs is 6. The number of hydrogen-bond acceptors (Lipinski definition) is 0. The van der Waals surface area contributed by atoms with Crippen molar-refractivity contribution in [1.82, 2.24) is 9.13 Å². The number of benzene rings is 6. The molecule has 12 rings (SSSR count). The Labute approximate surface area is 369 Å². The summed E-state index contributed by atoms with van der Waals surface area (Å²) in [5.74, 6) is 2.73. The number of nitrogens with zero attached hydrogens (tertiary/aromatic N) is 2. The van der Waals surface area contributed by atoms with E-state index in [0.717, 1.165) is 0 Å². The third-order valence-corrected chi connectivity index (χ3v) is 16.5. The van der Waals surface area contributed by atoms with Gasteiger partial charge in [-0.3, -0.25) is 0 Å². The van der Waals surface area contributed by atoms with Crippen LogP contribution in [0.3, 0.4) is 0 Å². The highest BCUT2D eigenvalue weighted by Crippen LogP contribution is 2.43. The molecule has 4 saturated carbocycles. The summed E-state index contributed by atoms with van der Waals surface area (Å²) >= 11 is 0. The lowest BCUT2D eigenvalue weighted by Gasteiger charge is -2.22. The molecule has 0 bridgehead atoms. The summed E-state index contributed by atoms with van der Waals surface area (Å²) in [6.07, 6.45) is 27.0. The van der Waals surface area contributed by atoms with Gasteiger partial charge in [-0.1, -0.05) is 150 Å². The van der Waals surface area contributed by atoms with Gasteiger partial charge in [-0.2, -0.15) is 0 Å². The van der Waals surface area contributed by atoms with Crippen LogP contribution in [0.15, 0.2) is 121 Å². The highest BCUT2D eigenvalue weighted by atomic mass is 15.0. The molecular weight excluding hydrogens is 749 g/mol. The zero-order chi connectivity index (χ0) is 41.0. The monoisotopic (exact) mass is 813 g/mol. The van der Waals surface area contributed by atoms with Gasteiger partial charge in [0, 0.05) is 32.9 Å². The van der Waals surface area contributed by atoms with Crippen molar-refractivity contribution < 1.29 is 0 Å². The highest BCUT2D eigenvalue weighted by molar-refractivity contribution is 6.10. The Balaban J connectivity index is 0.924. The van der Waals surface area contributed by atoms with Gasteiger partial charge >= 0.3 is 0 Å². The molecule has 2 aromatic heterocycles. The van der Waals surface area contributed by atoms with Crippen LogP contribution in [-0.2, 0) is 0 Å². The summed E-state index contributed by atoms with van der Waals surface area (Å²) in [6, 6.07) is 48.8. The van der Waals surface area contributed by atoms with Gasteiger partial charge in [-0.05, 0) is 157 Å². The lowest BCUT2D eigenvalue weighted by atomic mass is 9.83. The largest absolute Gasteiger partial charge is 0.309 e. The van der Waals surface area contributed by atoms with Crippen LogP contribution in [0.25, 0.3) is 66.1 Å². The molecule has 0 unspecified atom stereocenters. The van der Waals surface area contributed by atoms with Gasteiger partial charge in [-0.25, -0.2) is 0 Å². The van der Waals surface area contributed by atoms with E-state index in [4.69, 9.17) is 0 Å². The van der Waals surface area contributed by atoms with Crippen molar-refractivity contribution in [3.8, 4) is 22.5 Å². The zero-order valence-electron chi connectivity index (χ0n) is 36.9. The molecule has 8 aromatic rings. The summed E-state index contributed by atoms with van der Waals surface area (Å²) in [7, 11) is 0. The van der Waals surface area contributed by atoms with Crippen LogP contribution in [0.4, 0.5) is 0 Å². The van der Waals surface area contributed by atoms with Crippen molar-refractivity contribution in [2.75, 3.05) is 0 Å². The second-order valence-corrected chi connectivity index (χ2v) is 20.2. The van der Waals surface area contributed by atoms with Crippen molar-refractivity contribution in [2.45, 2.75) is 152 Å². The molecule has 0 radical (unpaired) electrons. The zero-order valence-corrected chi connectivity index (χ0v) is 36.9. The fraction of sp³-hybridized carbons (Fsp3) is 0.400. The molecule has 6 aromatic carbocycles. The van der Waals surface area contributed by atoms with E-state index in [1.807, 2.05) is 0 Å². The molecule has 0 N–H and O–H groups in total. The molecule has 62 heavy (non-hydrogen) atoms. The first-order chi connectivity index (χ1) is 30.7. The van der Waals surface area contributed by atoms with Gasteiger partial charge in [0.2, 0.25) is 0 Å². The summed E-state index contributed by atoms with van der Waals surface area (Å²) in [6.45, 7) is 0. The predicted octanol–water partition coefficient (Wildman–Crippen LogP) is 17.7. The van der Waals surface area contributed by atoms with Gasteiger partial charge in [-0.15, -0.1) is 0 Å². The maximum atomic E-state index is 2.60. The number of hydrogen-bond donors (Lipinski definition) is 0. The molecule has 2 heterocycles. The molecule has 2 heteroatoms. The predicted molar refractivity (Wildman–Crippen MR) is 264 cm³/mol. The summed E-state index contributed by atoms with van der Waals surface area (Å²) in [5.41, 5.74) is 16.7. The van der Waals surface area contributed by atoms with Crippen LogP contribution in [-0.4, -0.2) is 9.13 Å². The highest BCUT2D eigenvalue weighted by Gasteiger charge is 2.24. The molecule has 2 nitrogen and oxygen atoms in total. The summed E-state index contributed by atoms with van der Waals surface area (Å²) in [5, 5.41) is 5.54. The van der Waals surface area contributed by atoms with Crippen molar-refractivity contribution in [1.29, 1.82) is 0 Å². The van der Waals surface area contributed by atoms with E-state index >= 15 is 0 Å². The molecule has 0 amide bonds. The molecule has 4 fully saturated rings. The van der Waals surface area contributed by atoms with Crippen LogP contribution in [0.5, 0.6) is 0 Å². The first-order valence-corrected chi connectivity index (χ1v) is 25.1. The van der Waals surface area contributed by atoms with E-state index in [1.165, 1.54) is 217 Å². The molecule has 0 saturated heterocycles. The van der Waals surface area contributed by atoms with Crippen molar-refractivity contribution in [3.63, 3.8) is 0 Å². The topological polar surface area (TPSA) is 9.86 Å². The van der Waals surface area contributed by atoms with Crippen LogP contribution in [0.2, 0.25) is 0 Å². The average molecular weight is 813 g/mol. The second-order valence-electron chi connectivity index (χ2n) is 20.2. The fourth-order valence-corrected chi connectivity index (χ4v) is 13.0. The first-order valence-electron chi connectivity index (χ1n) is 25.1. The van der Waals surface area contributed by atoms with Crippen LogP contribution in [0, 0.1) is 0 Å². The van der Waals surface area contributed by atoms with Gasteiger partial charge in [0.15, 0.2) is 0 Å². The standard InChI is InChI=1S/C60H64N2/c1-5-13-41(14-6-1)47-25-33-53-54-34-26-48(42-15-7-2-8-16-42)38-58(54)61(57(53)37-47)51-29-21-45(22-30-51)46-23-31-52(32-24-46)62-59-39-49(43-17-9-3-10-18-43)27-35-55(59)56-36-28-50(40-60(56)62)44-19-11-4-12-20-44/h21-44H,1-20H2. The van der Waals surface area contributed by atoms with E-state index in [2.05, 4.69) is 130 Å². The first kappa shape index (κ1) is 38.6. The molecule has 314 valence electrons. The summed E-state index contributed by atoms with van der Waals surface area (Å²) in [4.78, 5) is 0. The minimum Gasteiger partial charge on any atom is -0.309 e. The molecule has 4 aliphatic rings. The molecule has 0 atom stereocenters. The minimum absolute atomic E-state index is 0.683. The van der Waals surface area contributed by atoms with E-state index in [1.54, 1.807) is 0 Å². The maximum absolute atomic E-state index is 2.60. The SMILES string of the molecule is c1cc(-n2c3cc(C4CCCCC4)ccc3c3ccc(C4CCCCC4)cc32)ccc1-c1ccc(-n2c3cc(C4CCCCC4)ccc3c3ccc(C4CCCCC4)cc32)cc1. The van der Waals surface area contributed by atoms with Crippen molar-refractivity contribution in [3.05, 3.63) is 144 Å². The minimum atomic E-state index is 0.683. The second kappa shape index (κ2) is 16.6. The Kier molecular flexibility index (Phi) is 10.3. The average Bonchev–Trinajstić information content (AvgIpc) is 3.86. The van der Waals surface area contributed by atoms with E-state index in [0.29, 0.717) is 23.7 Å². The molecule has 4 aliphatic carbocycles. The Morgan fingerprint density at radius 2 is 0.500 bits per heavy atom. The molecular formula is C60H64N2. The number of aromatic nitrogens is 2. The van der Waals surface area contributed by atoms with Gasteiger partial charge < -0.3 is 9.13 Å². The third-order valence-electron chi connectivity index (χ3n) is 16.5. The van der Waals surface area contributed by atoms with E-state index in [-0.39, 0.29) is 0 Å². The maximum Gasteiger partial charge on any atom is 0.0543 e. The van der Waals surface area contributed by atoms with Gasteiger partial charge in [0.1, 0.15) is 0 Å². The normalized spacial score (nSPS) is 19.0. The lowest BCUT2D eigenvalue weighted by Crippen LogP contribution is -2.05. The Morgan fingerprint density at radius 1 is 0.258 bits per heavy atom. The van der Waals surface area contributed by atoms with Gasteiger partial charge in [0.05, 0.1) is 22.1 Å². The van der Waals surface area contributed by atoms with E-state index in [9.17, 15) is 0 Å². The van der Waals surface area contributed by atoms with Crippen LogP contribution >= 0.6 is 0 Å². The van der Waals surface area contributed by atoms with Crippen molar-refractivity contribution >= 4 is 43.6 Å².